The lowest BCUT2D eigenvalue weighted by Crippen LogP contribution is -2.26. The predicted octanol–water partition coefficient (Wildman–Crippen LogP) is 4.94. The Morgan fingerprint density at radius 3 is 2.32 bits per heavy atom. The van der Waals surface area contributed by atoms with Gasteiger partial charge in [-0.25, -0.2) is 4.39 Å². The number of nitrogens with one attached hydrogen (secondary N) is 1. The predicted molar refractivity (Wildman–Crippen MR) is 87.7 cm³/mol. The van der Waals surface area contributed by atoms with Gasteiger partial charge in [-0.1, -0.05) is 41.4 Å². The number of rotatable bonds is 5. The summed E-state index contributed by atoms with van der Waals surface area (Å²) >= 11 is 12.2. The van der Waals surface area contributed by atoms with Gasteiger partial charge in [0.25, 0.3) is 0 Å². The summed E-state index contributed by atoms with van der Waals surface area (Å²) in [6.07, 6.45) is 0.759. The number of benzene rings is 2. The molecule has 0 spiro atoms. The van der Waals surface area contributed by atoms with Crippen molar-refractivity contribution in [3.8, 4) is 0 Å². The molecule has 0 aliphatic heterocycles. The third-order valence-corrected chi connectivity index (χ3v) is 4.12. The maximum absolute atomic E-state index is 12.9. The highest BCUT2D eigenvalue weighted by Crippen LogP contribution is 2.25. The second-order valence-electron chi connectivity index (χ2n) is 5.04. The van der Waals surface area contributed by atoms with Gasteiger partial charge in [0.2, 0.25) is 5.91 Å². The van der Waals surface area contributed by atoms with Crippen LogP contribution in [0.25, 0.3) is 0 Å². The Balaban J connectivity index is 1.91. The molecule has 0 fully saturated rings. The average Bonchev–Trinajstić information content (AvgIpc) is 2.47. The number of amides is 1. The van der Waals surface area contributed by atoms with E-state index in [4.69, 9.17) is 23.2 Å². The molecule has 1 amide bonds. The minimum absolute atomic E-state index is 0.104. The van der Waals surface area contributed by atoms with Crippen LogP contribution in [-0.2, 0) is 11.2 Å². The molecule has 0 saturated carbocycles. The van der Waals surface area contributed by atoms with Gasteiger partial charge in [-0.3, -0.25) is 4.79 Å². The SMILES string of the molecule is C[C@H](NC(=O)CCc1c(Cl)cccc1Cl)c1ccc(F)cc1. The fourth-order valence-electron chi connectivity index (χ4n) is 2.16. The van der Waals surface area contributed by atoms with Crippen LogP contribution < -0.4 is 5.32 Å². The number of hydrogen-bond donors (Lipinski definition) is 1. The molecule has 1 N–H and O–H groups in total. The highest BCUT2D eigenvalue weighted by atomic mass is 35.5. The van der Waals surface area contributed by atoms with Crippen LogP contribution in [0, 0.1) is 5.82 Å². The molecule has 0 aromatic heterocycles. The monoisotopic (exact) mass is 339 g/mol. The van der Waals surface area contributed by atoms with E-state index >= 15 is 0 Å². The summed E-state index contributed by atoms with van der Waals surface area (Å²) in [6, 6.07) is 11.2. The van der Waals surface area contributed by atoms with E-state index in [0.717, 1.165) is 11.1 Å². The van der Waals surface area contributed by atoms with Crippen molar-refractivity contribution in [1.82, 2.24) is 5.32 Å². The molecule has 2 aromatic carbocycles. The second-order valence-corrected chi connectivity index (χ2v) is 5.86. The van der Waals surface area contributed by atoms with Crippen molar-refractivity contribution in [3.05, 3.63) is 69.5 Å². The van der Waals surface area contributed by atoms with Crippen molar-refractivity contribution in [1.29, 1.82) is 0 Å². The number of halogens is 3. The molecule has 1 atom stereocenters. The van der Waals surface area contributed by atoms with Crippen LogP contribution in [0.5, 0.6) is 0 Å². The summed E-state index contributed by atoms with van der Waals surface area (Å²) < 4.78 is 12.9. The minimum atomic E-state index is -0.296. The number of hydrogen-bond acceptors (Lipinski definition) is 1. The van der Waals surface area contributed by atoms with Crippen molar-refractivity contribution in [2.45, 2.75) is 25.8 Å². The molecule has 22 heavy (non-hydrogen) atoms. The lowest BCUT2D eigenvalue weighted by Gasteiger charge is -2.14. The molecule has 0 radical (unpaired) electrons. The molecule has 116 valence electrons. The summed E-state index contributed by atoms with van der Waals surface area (Å²) in [4.78, 5) is 12.0. The average molecular weight is 340 g/mol. The van der Waals surface area contributed by atoms with Crippen LogP contribution in [0.3, 0.4) is 0 Å². The van der Waals surface area contributed by atoms with E-state index in [1.165, 1.54) is 12.1 Å². The van der Waals surface area contributed by atoms with Crippen LogP contribution in [0.15, 0.2) is 42.5 Å². The number of carbonyl (C=O) groups is 1. The van der Waals surface area contributed by atoms with E-state index in [1.807, 2.05) is 6.92 Å². The zero-order valence-corrected chi connectivity index (χ0v) is 13.6. The fourth-order valence-corrected chi connectivity index (χ4v) is 2.74. The molecule has 2 rings (SSSR count). The van der Waals surface area contributed by atoms with Gasteiger partial charge in [-0.05, 0) is 48.7 Å². The van der Waals surface area contributed by atoms with Gasteiger partial charge in [0, 0.05) is 16.5 Å². The molecule has 0 heterocycles. The lowest BCUT2D eigenvalue weighted by atomic mass is 10.1. The van der Waals surface area contributed by atoms with E-state index in [0.29, 0.717) is 16.5 Å². The van der Waals surface area contributed by atoms with Crippen LogP contribution in [0.1, 0.15) is 30.5 Å². The molecule has 0 bridgehead atoms. The lowest BCUT2D eigenvalue weighted by molar-refractivity contribution is -0.121. The molecule has 2 aromatic rings. The Kier molecular flexibility index (Phi) is 5.81. The minimum Gasteiger partial charge on any atom is -0.350 e. The first kappa shape index (κ1) is 16.8. The Hall–Kier alpha value is -1.58. The van der Waals surface area contributed by atoms with Crippen molar-refractivity contribution in [2.75, 3.05) is 0 Å². The van der Waals surface area contributed by atoms with E-state index in [1.54, 1.807) is 30.3 Å². The fraction of sp³-hybridized carbons (Fsp3) is 0.235. The van der Waals surface area contributed by atoms with Crippen LogP contribution in [-0.4, -0.2) is 5.91 Å². The summed E-state index contributed by atoms with van der Waals surface area (Å²) in [5.74, 6) is -0.400. The molecule has 2 nitrogen and oxygen atoms in total. The van der Waals surface area contributed by atoms with Gasteiger partial charge < -0.3 is 5.32 Å². The van der Waals surface area contributed by atoms with E-state index in [2.05, 4.69) is 5.32 Å². The third kappa shape index (κ3) is 4.46. The maximum atomic E-state index is 12.9. The Bertz CT molecular complexity index is 638. The quantitative estimate of drug-likeness (QED) is 0.820. The van der Waals surface area contributed by atoms with Gasteiger partial charge in [0.05, 0.1) is 6.04 Å². The van der Waals surface area contributed by atoms with E-state index in [9.17, 15) is 9.18 Å². The van der Waals surface area contributed by atoms with E-state index in [-0.39, 0.29) is 24.2 Å². The second kappa shape index (κ2) is 7.61. The van der Waals surface area contributed by atoms with Gasteiger partial charge in [0.1, 0.15) is 5.82 Å². The van der Waals surface area contributed by atoms with Gasteiger partial charge in [-0.15, -0.1) is 0 Å². The Morgan fingerprint density at radius 2 is 1.73 bits per heavy atom. The van der Waals surface area contributed by atoms with Crippen LogP contribution in [0.2, 0.25) is 10.0 Å². The first-order valence-corrected chi connectivity index (χ1v) is 7.70. The van der Waals surface area contributed by atoms with Gasteiger partial charge in [-0.2, -0.15) is 0 Å². The van der Waals surface area contributed by atoms with Gasteiger partial charge in [0.15, 0.2) is 0 Å². The maximum Gasteiger partial charge on any atom is 0.220 e. The normalized spacial score (nSPS) is 12.0. The molecule has 5 heteroatoms. The molecule has 0 aliphatic rings. The molecular formula is C17H16Cl2FNO. The zero-order chi connectivity index (χ0) is 16.1. The Morgan fingerprint density at radius 1 is 1.14 bits per heavy atom. The summed E-state index contributed by atoms with van der Waals surface area (Å²) in [7, 11) is 0. The zero-order valence-electron chi connectivity index (χ0n) is 12.1. The first-order valence-electron chi connectivity index (χ1n) is 6.95. The number of carbonyl (C=O) groups excluding carboxylic acids is 1. The first-order chi connectivity index (χ1) is 10.5. The molecule has 0 aliphatic carbocycles. The van der Waals surface area contributed by atoms with Crippen molar-refractivity contribution in [3.63, 3.8) is 0 Å². The topological polar surface area (TPSA) is 29.1 Å². The standard InChI is InChI=1S/C17H16Cl2FNO/c1-11(12-5-7-13(20)8-6-12)21-17(22)10-9-14-15(18)3-2-4-16(14)19/h2-8,11H,9-10H2,1H3,(H,21,22)/t11-/m0/s1. The molecule has 0 saturated heterocycles. The largest absolute Gasteiger partial charge is 0.350 e. The van der Waals surface area contributed by atoms with E-state index < -0.39 is 0 Å². The Labute approximate surface area is 139 Å². The molecule has 0 unspecified atom stereocenters. The third-order valence-electron chi connectivity index (χ3n) is 3.41. The molecular weight excluding hydrogens is 324 g/mol. The van der Waals surface area contributed by atoms with Crippen molar-refractivity contribution < 1.29 is 9.18 Å². The highest BCUT2D eigenvalue weighted by Gasteiger charge is 2.12. The summed E-state index contributed by atoms with van der Waals surface area (Å²) in [5, 5.41) is 4.00. The van der Waals surface area contributed by atoms with Crippen LogP contribution >= 0.6 is 23.2 Å². The summed E-state index contributed by atoms with van der Waals surface area (Å²) in [6.45, 7) is 1.85. The smallest absolute Gasteiger partial charge is 0.220 e. The van der Waals surface area contributed by atoms with Crippen molar-refractivity contribution in [2.24, 2.45) is 0 Å². The van der Waals surface area contributed by atoms with Crippen LogP contribution in [0.4, 0.5) is 4.39 Å². The summed E-state index contributed by atoms with van der Waals surface area (Å²) in [5.41, 5.74) is 1.63. The van der Waals surface area contributed by atoms with Crippen molar-refractivity contribution >= 4 is 29.1 Å². The highest BCUT2D eigenvalue weighted by molar-refractivity contribution is 6.36. The van der Waals surface area contributed by atoms with Gasteiger partial charge >= 0.3 is 0 Å².